The number of hydrogen-bond acceptors (Lipinski definition) is 4. The van der Waals surface area contributed by atoms with Gasteiger partial charge in [-0.25, -0.2) is 9.97 Å². The van der Waals surface area contributed by atoms with Crippen molar-refractivity contribution in [3.05, 3.63) is 42.2 Å². The molecule has 1 heterocycles. The molecule has 4 nitrogen and oxygen atoms in total. The molecule has 0 aliphatic heterocycles. The van der Waals surface area contributed by atoms with Crippen LogP contribution < -0.4 is 10.6 Å². The van der Waals surface area contributed by atoms with Crippen LogP contribution in [0.5, 0.6) is 0 Å². The van der Waals surface area contributed by atoms with Crippen LogP contribution >= 0.6 is 0 Å². The Hall–Kier alpha value is -2.10. The van der Waals surface area contributed by atoms with Crippen molar-refractivity contribution in [3.8, 4) is 0 Å². The fourth-order valence-corrected chi connectivity index (χ4v) is 1.79. The maximum absolute atomic E-state index is 4.62. The van der Waals surface area contributed by atoms with Gasteiger partial charge in [0.2, 0.25) is 0 Å². The minimum absolute atomic E-state index is 0.0848. The van der Waals surface area contributed by atoms with E-state index in [9.17, 15) is 0 Å². The van der Waals surface area contributed by atoms with Gasteiger partial charge in [-0.15, -0.1) is 0 Å². The zero-order valence-electron chi connectivity index (χ0n) is 12.6. The molecule has 0 atom stereocenters. The maximum Gasteiger partial charge on any atom is 0.138 e. The first kappa shape index (κ1) is 14.3. The third-order valence-corrected chi connectivity index (χ3v) is 2.80. The topological polar surface area (TPSA) is 49.8 Å². The molecule has 1 aromatic carbocycles. The van der Waals surface area contributed by atoms with Gasteiger partial charge in [0.1, 0.15) is 17.5 Å². The SMILES string of the molecule is CCNc1cc(Nc2ccccc2)nc(C(C)(C)C)n1. The highest BCUT2D eigenvalue weighted by Crippen LogP contribution is 2.24. The van der Waals surface area contributed by atoms with Gasteiger partial charge >= 0.3 is 0 Å². The highest BCUT2D eigenvalue weighted by atomic mass is 15.1. The lowest BCUT2D eigenvalue weighted by atomic mass is 9.96. The van der Waals surface area contributed by atoms with Gasteiger partial charge in [0, 0.05) is 23.7 Å². The summed E-state index contributed by atoms with van der Waals surface area (Å²) in [5, 5.41) is 6.58. The summed E-state index contributed by atoms with van der Waals surface area (Å²) in [4.78, 5) is 9.19. The van der Waals surface area contributed by atoms with Crippen LogP contribution in [0, 0.1) is 0 Å². The minimum Gasteiger partial charge on any atom is -0.370 e. The van der Waals surface area contributed by atoms with E-state index in [0.29, 0.717) is 0 Å². The molecular formula is C16H22N4. The number of hydrogen-bond donors (Lipinski definition) is 2. The third-order valence-electron chi connectivity index (χ3n) is 2.80. The van der Waals surface area contributed by atoms with E-state index in [4.69, 9.17) is 0 Å². The van der Waals surface area contributed by atoms with Crippen LogP contribution in [-0.4, -0.2) is 16.5 Å². The number of para-hydroxylation sites is 1. The van der Waals surface area contributed by atoms with Crippen molar-refractivity contribution >= 4 is 17.3 Å². The second kappa shape index (κ2) is 5.90. The van der Waals surface area contributed by atoms with Gasteiger partial charge in [-0.2, -0.15) is 0 Å². The number of benzene rings is 1. The standard InChI is InChI=1S/C16H22N4/c1-5-17-13-11-14(18-12-9-7-6-8-10-12)20-15(19-13)16(2,3)4/h6-11H,5H2,1-4H3,(H2,17,18,19,20). The summed E-state index contributed by atoms with van der Waals surface area (Å²) >= 11 is 0. The van der Waals surface area contributed by atoms with Gasteiger partial charge < -0.3 is 10.6 Å². The highest BCUT2D eigenvalue weighted by Gasteiger charge is 2.19. The number of rotatable bonds is 4. The van der Waals surface area contributed by atoms with Crippen molar-refractivity contribution in [2.45, 2.75) is 33.1 Å². The summed E-state index contributed by atoms with van der Waals surface area (Å²) in [5.41, 5.74) is 0.937. The summed E-state index contributed by atoms with van der Waals surface area (Å²) in [7, 11) is 0. The van der Waals surface area contributed by atoms with Crippen molar-refractivity contribution in [1.82, 2.24) is 9.97 Å². The molecule has 0 unspecified atom stereocenters. The van der Waals surface area contributed by atoms with Gasteiger partial charge in [-0.1, -0.05) is 39.0 Å². The van der Waals surface area contributed by atoms with Crippen molar-refractivity contribution in [1.29, 1.82) is 0 Å². The Kier molecular flexibility index (Phi) is 4.23. The normalized spacial score (nSPS) is 11.2. The van der Waals surface area contributed by atoms with E-state index in [-0.39, 0.29) is 5.41 Å². The van der Waals surface area contributed by atoms with Gasteiger partial charge in [0.15, 0.2) is 0 Å². The lowest BCUT2D eigenvalue weighted by molar-refractivity contribution is 0.547. The molecule has 0 saturated carbocycles. The predicted octanol–water partition coefficient (Wildman–Crippen LogP) is 3.95. The fraction of sp³-hybridized carbons (Fsp3) is 0.375. The van der Waals surface area contributed by atoms with Crippen LogP contribution in [0.3, 0.4) is 0 Å². The first-order valence-corrected chi connectivity index (χ1v) is 6.94. The van der Waals surface area contributed by atoms with E-state index >= 15 is 0 Å². The molecule has 20 heavy (non-hydrogen) atoms. The molecule has 0 aliphatic rings. The van der Waals surface area contributed by atoms with E-state index in [1.54, 1.807) is 0 Å². The highest BCUT2D eigenvalue weighted by molar-refractivity contribution is 5.59. The lowest BCUT2D eigenvalue weighted by Gasteiger charge is -2.19. The molecule has 0 bridgehead atoms. The molecule has 2 N–H and O–H groups in total. The Morgan fingerprint density at radius 3 is 2.25 bits per heavy atom. The molecule has 0 fully saturated rings. The van der Waals surface area contributed by atoms with Crippen LogP contribution in [0.4, 0.5) is 17.3 Å². The van der Waals surface area contributed by atoms with E-state index in [2.05, 4.69) is 48.3 Å². The van der Waals surface area contributed by atoms with Crippen LogP contribution in [0.1, 0.15) is 33.5 Å². The molecule has 0 saturated heterocycles. The van der Waals surface area contributed by atoms with E-state index in [0.717, 1.165) is 29.7 Å². The van der Waals surface area contributed by atoms with E-state index < -0.39 is 0 Å². The van der Waals surface area contributed by atoms with Crippen molar-refractivity contribution in [2.75, 3.05) is 17.2 Å². The Bertz CT molecular complexity index is 558. The summed E-state index contributed by atoms with van der Waals surface area (Å²) in [6.45, 7) is 9.24. The van der Waals surface area contributed by atoms with Crippen molar-refractivity contribution < 1.29 is 0 Å². The predicted molar refractivity (Wildman–Crippen MR) is 84.6 cm³/mol. The van der Waals surface area contributed by atoms with Crippen molar-refractivity contribution in [3.63, 3.8) is 0 Å². The van der Waals surface area contributed by atoms with Crippen LogP contribution in [0.2, 0.25) is 0 Å². The summed E-state index contributed by atoms with van der Waals surface area (Å²) < 4.78 is 0. The second-order valence-corrected chi connectivity index (χ2v) is 5.73. The number of aromatic nitrogens is 2. The molecule has 0 amide bonds. The molecule has 0 radical (unpaired) electrons. The third kappa shape index (κ3) is 3.70. The molecule has 2 rings (SSSR count). The number of nitrogens with zero attached hydrogens (tertiary/aromatic N) is 2. The zero-order valence-corrected chi connectivity index (χ0v) is 12.6. The van der Waals surface area contributed by atoms with Gasteiger partial charge in [0.25, 0.3) is 0 Å². The van der Waals surface area contributed by atoms with Crippen molar-refractivity contribution in [2.24, 2.45) is 0 Å². The first-order chi connectivity index (χ1) is 9.49. The average molecular weight is 270 g/mol. The summed E-state index contributed by atoms with van der Waals surface area (Å²) in [6, 6.07) is 12.0. The Morgan fingerprint density at radius 1 is 1.00 bits per heavy atom. The molecule has 106 valence electrons. The summed E-state index contributed by atoms with van der Waals surface area (Å²) in [5.74, 6) is 2.49. The largest absolute Gasteiger partial charge is 0.370 e. The second-order valence-electron chi connectivity index (χ2n) is 5.73. The minimum atomic E-state index is -0.0848. The smallest absolute Gasteiger partial charge is 0.138 e. The lowest BCUT2D eigenvalue weighted by Crippen LogP contribution is -2.18. The Morgan fingerprint density at radius 2 is 1.65 bits per heavy atom. The Balaban J connectivity index is 2.34. The fourth-order valence-electron chi connectivity index (χ4n) is 1.79. The average Bonchev–Trinajstić information content (AvgIpc) is 2.39. The quantitative estimate of drug-likeness (QED) is 0.883. The zero-order chi connectivity index (χ0) is 14.6. The van der Waals surface area contributed by atoms with E-state index in [1.165, 1.54) is 0 Å². The molecule has 0 spiro atoms. The van der Waals surface area contributed by atoms with E-state index in [1.807, 2.05) is 36.4 Å². The van der Waals surface area contributed by atoms with Crippen LogP contribution in [-0.2, 0) is 5.41 Å². The molecule has 4 heteroatoms. The van der Waals surface area contributed by atoms with Crippen LogP contribution in [0.15, 0.2) is 36.4 Å². The molecule has 0 aliphatic carbocycles. The summed E-state index contributed by atoms with van der Waals surface area (Å²) in [6.07, 6.45) is 0. The number of nitrogens with one attached hydrogen (secondary N) is 2. The van der Waals surface area contributed by atoms with Gasteiger partial charge in [-0.3, -0.25) is 0 Å². The first-order valence-electron chi connectivity index (χ1n) is 6.94. The number of anilines is 3. The molecule has 1 aromatic heterocycles. The Labute approximate surface area is 120 Å². The van der Waals surface area contributed by atoms with Crippen LogP contribution in [0.25, 0.3) is 0 Å². The molecule has 2 aromatic rings. The maximum atomic E-state index is 4.62. The van der Waals surface area contributed by atoms with Gasteiger partial charge in [-0.05, 0) is 19.1 Å². The monoisotopic (exact) mass is 270 g/mol. The van der Waals surface area contributed by atoms with Gasteiger partial charge in [0.05, 0.1) is 0 Å². The molecular weight excluding hydrogens is 248 g/mol.